The molecule has 1 N–H and O–H groups in total. The van der Waals surface area contributed by atoms with Gasteiger partial charge in [-0.1, -0.05) is 18.2 Å². The number of hydrogen-bond donors (Lipinski definition) is 1. The van der Waals surface area contributed by atoms with Crippen molar-refractivity contribution in [3.63, 3.8) is 0 Å². The summed E-state index contributed by atoms with van der Waals surface area (Å²) in [5.74, 6) is 1.10. The zero-order valence-corrected chi connectivity index (χ0v) is 17.5. The van der Waals surface area contributed by atoms with Crippen molar-refractivity contribution in [3.8, 4) is 11.5 Å². The standard InChI is InChI=1S/C24H24N4O4/c29-22(27-19-7-9-21(10-8-19)32-20-5-2-1-3-6-20)17-31-23(30)18-11-15-28(16-12-18)24-25-13-4-14-26-24/h1-10,13-14,18H,11-12,15-17H2,(H,27,29). The summed E-state index contributed by atoms with van der Waals surface area (Å²) in [5.41, 5.74) is 0.600. The second-order valence-corrected chi connectivity index (χ2v) is 7.41. The maximum Gasteiger partial charge on any atom is 0.309 e. The molecule has 164 valence electrons. The van der Waals surface area contributed by atoms with Gasteiger partial charge in [0, 0.05) is 31.2 Å². The third-order valence-corrected chi connectivity index (χ3v) is 5.13. The average Bonchev–Trinajstić information content (AvgIpc) is 2.85. The quantitative estimate of drug-likeness (QED) is 0.570. The Hall–Kier alpha value is -3.94. The molecule has 32 heavy (non-hydrogen) atoms. The lowest BCUT2D eigenvalue weighted by atomic mass is 9.97. The predicted octanol–water partition coefficient (Wildman–Crippen LogP) is 3.67. The number of esters is 1. The van der Waals surface area contributed by atoms with Gasteiger partial charge in [0.1, 0.15) is 11.5 Å². The number of nitrogens with one attached hydrogen (secondary N) is 1. The van der Waals surface area contributed by atoms with Gasteiger partial charge in [-0.25, -0.2) is 9.97 Å². The van der Waals surface area contributed by atoms with Crippen molar-refractivity contribution >= 4 is 23.5 Å². The molecule has 0 unspecified atom stereocenters. The van der Waals surface area contributed by atoms with E-state index < -0.39 is 0 Å². The molecule has 1 aromatic heterocycles. The van der Waals surface area contributed by atoms with Crippen molar-refractivity contribution in [1.82, 2.24) is 9.97 Å². The van der Waals surface area contributed by atoms with Crippen LogP contribution >= 0.6 is 0 Å². The molecule has 3 aromatic rings. The van der Waals surface area contributed by atoms with Crippen molar-refractivity contribution in [2.24, 2.45) is 5.92 Å². The van der Waals surface area contributed by atoms with E-state index in [2.05, 4.69) is 15.3 Å². The molecule has 1 aliphatic heterocycles. The molecule has 1 aliphatic rings. The van der Waals surface area contributed by atoms with Gasteiger partial charge in [-0.2, -0.15) is 0 Å². The number of rotatable bonds is 7. The van der Waals surface area contributed by atoms with Gasteiger partial charge >= 0.3 is 5.97 Å². The minimum atomic E-state index is -0.384. The number of ether oxygens (including phenoxy) is 2. The van der Waals surface area contributed by atoms with E-state index in [1.165, 1.54) is 0 Å². The van der Waals surface area contributed by atoms with Crippen LogP contribution in [-0.2, 0) is 14.3 Å². The lowest BCUT2D eigenvalue weighted by molar-refractivity contribution is -0.152. The molecule has 1 amide bonds. The monoisotopic (exact) mass is 432 g/mol. The predicted molar refractivity (Wildman–Crippen MR) is 120 cm³/mol. The molecular weight excluding hydrogens is 408 g/mol. The van der Waals surface area contributed by atoms with Gasteiger partial charge in [0.05, 0.1) is 5.92 Å². The summed E-state index contributed by atoms with van der Waals surface area (Å²) in [4.78, 5) is 35.0. The Bertz CT molecular complexity index is 1020. The number of piperidine rings is 1. The summed E-state index contributed by atoms with van der Waals surface area (Å²) in [6, 6.07) is 18.2. The van der Waals surface area contributed by atoms with E-state index in [1.54, 1.807) is 42.7 Å². The maximum absolute atomic E-state index is 12.3. The highest BCUT2D eigenvalue weighted by Gasteiger charge is 2.27. The zero-order chi connectivity index (χ0) is 22.2. The lowest BCUT2D eigenvalue weighted by Crippen LogP contribution is -2.38. The topological polar surface area (TPSA) is 93.7 Å². The molecule has 8 heteroatoms. The van der Waals surface area contributed by atoms with Crippen LogP contribution in [0, 0.1) is 5.92 Å². The van der Waals surface area contributed by atoms with Crippen LogP contribution in [0.25, 0.3) is 0 Å². The first-order valence-electron chi connectivity index (χ1n) is 10.5. The van der Waals surface area contributed by atoms with Gasteiger partial charge in [-0.05, 0) is 55.3 Å². The normalized spacial score (nSPS) is 13.9. The summed E-state index contributed by atoms with van der Waals surface area (Å²) < 4.78 is 11.0. The summed E-state index contributed by atoms with van der Waals surface area (Å²) in [5, 5.41) is 2.72. The third kappa shape index (κ3) is 5.81. The van der Waals surface area contributed by atoms with Crippen LogP contribution in [0.5, 0.6) is 11.5 Å². The van der Waals surface area contributed by atoms with E-state index in [1.807, 2.05) is 35.2 Å². The van der Waals surface area contributed by atoms with Gasteiger partial charge in [0.15, 0.2) is 6.61 Å². The fourth-order valence-electron chi connectivity index (χ4n) is 3.45. The Morgan fingerprint density at radius 2 is 1.56 bits per heavy atom. The van der Waals surface area contributed by atoms with Crippen LogP contribution in [0.3, 0.4) is 0 Å². The molecule has 1 fully saturated rings. The second kappa shape index (κ2) is 10.4. The number of para-hydroxylation sites is 1. The first-order valence-corrected chi connectivity index (χ1v) is 10.5. The van der Waals surface area contributed by atoms with E-state index in [4.69, 9.17) is 9.47 Å². The highest BCUT2D eigenvalue weighted by molar-refractivity contribution is 5.93. The second-order valence-electron chi connectivity index (χ2n) is 7.41. The average molecular weight is 432 g/mol. The smallest absolute Gasteiger partial charge is 0.309 e. The number of anilines is 2. The Balaban J connectivity index is 1.19. The molecule has 2 heterocycles. The molecule has 0 spiro atoms. The molecule has 0 aliphatic carbocycles. The molecule has 0 bridgehead atoms. The van der Waals surface area contributed by atoms with Gasteiger partial charge in [-0.15, -0.1) is 0 Å². The van der Waals surface area contributed by atoms with Crippen molar-refractivity contribution in [3.05, 3.63) is 73.1 Å². The fourth-order valence-corrected chi connectivity index (χ4v) is 3.45. The number of carbonyl (C=O) groups excluding carboxylic acids is 2. The molecule has 4 rings (SSSR count). The fraction of sp³-hybridized carbons (Fsp3) is 0.250. The number of amides is 1. The number of hydrogen-bond acceptors (Lipinski definition) is 7. The Morgan fingerprint density at radius 1 is 0.906 bits per heavy atom. The summed E-state index contributed by atoms with van der Waals surface area (Å²) in [6.07, 6.45) is 4.68. The van der Waals surface area contributed by atoms with Crippen molar-refractivity contribution in [2.75, 3.05) is 29.9 Å². The van der Waals surface area contributed by atoms with E-state index in [9.17, 15) is 9.59 Å². The summed E-state index contributed by atoms with van der Waals surface area (Å²) in [7, 11) is 0. The van der Waals surface area contributed by atoms with E-state index >= 15 is 0 Å². The summed E-state index contributed by atoms with van der Waals surface area (Å²) >= 11 is 0. The highest BCUT2D eigenvalue weighted by atomic mass is 16.5. The minimum absolute atomic E-state index is 0.225. The van der Waals surface area contributed by atoms with Gasteiger partial charge in [0.25, 0.3) is 5.91 Å². The van der Waals surface area contributed by atoms with Crippen LogP contribution in [0.1, 0.15) is 12.8 Å². The number of aromatic nitrogens is 2. The first-order chi connectivity index (χ1) is 15.7. The van der Waals surface area contributed by atoms with Crippen molar-refractivity contribution in [1.29, 1.82) is 0 Å². The highest BCUT2D eigenvalue weighted by Crippen LogP contribution is 2.23. The van der Waals surface area contributed by atoms with Crippen LogP contribution in [0.2, 0.25) is 0 Å². The maximum atomic E-state index is 12.3. The SMILES string of the molecule is O=C(COC(=O)C1CCN(c2ncccn2)CC1)Nc1ccc(Oc2ccccc2)cc1. The van der Waals surface area contributed by atoms with E-state index in [0.29, 0.717) is 43.3 Å². The Labute approximate surface area is 186 Å². The largest absolute Gasteiger partial charge is 0.457 e. The summed E-state index contributed by atoms with van der Waals surface area (Å²) in [6.45, 7) is 1.03. The Morgan fingerprint density at radius 3 is 2.25 bits per heavy atom. The van der Waals surface area contributed by atoms with Gasteiger partial charge in [0.2, 0.25) is 5.95 Å². The number of carbonyl (C=O) groups is 2. The molecule has 0 saturated carbocycles. The Kier molecular flexibility index (Phi) is 6.91. The van der Waals surface area contributed by atoms with Crippen molar-refractivity contribution in [2.45, 2.75) is 12.8 Å². The molecular formula is C24H24N4O4. The lowest BCUT2D eigenvalue weighted by Gasteiger charge is -2.30. The molecule has 8 nitrogen and oxygen atoms in total. The molecule has 1 saturated heterocycles. The third-order valence-electron chi connectivity index (χ3n) is 5.13. The number of nitrogens with zero attached hydrogens (tertiary/aromatic N) is 3. The van der Waals surface area contributed by atoms with Crippen LogP contribution in [0.4, 0.5) is 11.6 Å². The molecule has 0 atom stereocenters. The number of benzene rings is 2. The minimum Gasteiger partial charge on any atom is -0.457 e. The van der Waals surface area contributed by atoms with Crippen LogP contribution < -0.4 is 15.0 Å². The van der Waals surface area contributed by atoms with Crippen molar-refractivity contribution < 1.29 is 19.1 Å². The van der Waals surface area contributed by atoms with E-state index in [0.717, 1.165) is 5.75 Å². The van der Waals surface area contributed by atoms with Gasteiger partial charge in [-0.3, -0.25) is 9.59 Å². The van der Waals surface area contributed by atoms with Crippen LogP contribution in [0.15, 0.2) is 73.1 Å². The van der Waals surface area contributed by atoms with Crippen LogP contribution in [-0.4, -0.2) is 41.5 Å². The van der Waals surface area contributed by atoms with Gasteiger partial charge < -0.3 is 19.7 Å². The molecule has 0 radical (unpaired) electrons. The van der Waals surface area contributed by atoms with E-state index in [-0.39, 0.29) is 24.4 Å². The zero-order valence-electron chi connectivity index (χ0n) is 17.5. The molecule has 2 aromatic carbocycles. The first kappa shape index (κ1) is 21.3.